The fourth-order valence-corrected chi connectivity index (χ4v) is 3.46. The quantitative estimate of drug-likeness (QED) is 0.339. The van der Waals surface area contributed by atoms with E-state index in [0.717, 1.165) is 5.56 Å². The number of hydrogen-bond acceptors (Lipinski definition) is 6. The lowest BCUT2D eigenvalue weighted by atomic mass is 10.2. The summed E-state index contributed by atoms with van der Waals surface area (Å²) in [6, 6.07) is 12.7. The van der Waals surface area contributed by atoms with E-state index >= 15 is 0 Å². The minimum absolute atomic E-state index is 0.158. The summed E-state index contributed by atoms with van der Waals surface area (Å²) in [6.07, 6.45) is 2.90. The molecule has 32 heavy (non-hydrogen) atoms. The normalized spacial score (nSPS) is 10.9. The molecule has 0 spiro atoms. The lowest BCUT2D eigenvalue weighted by molar-refractivity contribution is -0.384. The minimum atomic E-state index is -0.558. The number of halogens is 1. The first kappa shape index (κ1) is 21.2. The van der Waals surface area contributed by atoms with Crippen molar-refractivity contribution in [1.29, 1.82) is 0 Å². The monoisotopic (exact) mass is 452 g/mol. The van der Waals surface area contributed by atoms with Gasteiger partial charge in [0.2, 0.25) is 0 Å². The fourth-order valence-electron chi connectivity index (χ4n) is 3.24. The van der Waals surface area contributed by atoms with E-state index in [0.29, 0.717) is 22.6 Å². The first-order valence-corrected chi connectivity index (χ1v) is 9.98. The number of nitro groups is 1. The summed E-state index contributed by atoms with van der Waals surface area (Å²) in [5, 5.41) is 18.7. The molecule has 4 rings (SSSR count). The Labute approximate surface area is 186 Å². The Morgan fingerprint density at radius 3 is 2.78 bits per heavy atom. The van der Waals surface area contributed by atoms with Gasteiger partial charge in [0.15, 0.2) is 5.65 Å². The molecule has 0 bridgehead atoms. The Hall–Kier alpha value is -4.05. The van der Waals surface area contributed by atoms with Crippen LogP contribution in [0.1, 0.15) is 15.9 Å². The van der Waals surface area contributed by atoms with Crippen LogP contribution in [0.4, 0.5) is 5.69 Å². The highest BCUT2D eigenvalue weighted by molar-refractivity contribution is 6.30. The largest absolute Gasteiger partial charge is 0.350 e. The van der Waals surface area contributed by atoms with Crippen LogP contribution in [0, 0.1) is 10.1 Å². The molecule has 0 fully saturated rings. The van der Waals surface area contributed by atoms with Crippen LogP contribution in [0.25, 0.3) is 11.0 Å². The average molecular weight is 453 g/mol. The smallest absolute Gasteiger partial charge is 0.270 e. The molecule has 0 atom stereocenters. The Morgan fingerprint density at radius 2 is 2.00 bits per heavy atom. The van der Waals surface area contributed by atoms with Crippen LogP contribution in [0.5, 0.6) is 0 Å². The van der Waals surface area contributed by atoms with Crippen molar-refractivity contribution in [3.63, 3.8) is 0 Å². The summed E-state index contributed by atoms with van der Waals surface area (Å²) in [6.45, 7) is 0.799. The van der Waals surface area contributed by atoms with Gasteiger partial charge in [-0.25, -0.2) is 9.67 Å². The maximum absolute atomic E-state index is 12.8. The van der Waals surface area contributed by atoms with Crippen LogP contribution in [0.2, 0.25) is 5.02 Å². The molecule has 0 radical (unpaired) electrons. The summed E-state index contributed by atoms with van der Waals surface area (Å²) in [7, 11) is 0. The summed E-state index contributed by atoms with van der Waals surface area (Å²) < 4.78 is 3.00. The molecule has 0 aliphatic carbocycles. The number of non-ortho nitro benzene ring substituents is 1. The molecular formula is C21H17ClN6O4. The van der Waals surface area contributed by atoms with Crippen molar-refractivity contribution in [1.82, 2.24) is 24.6 Å². The van der Waals surface area contributed by atoms with Crippen molar-refractivity contribution in [3.8, 4) is 0 Å². The Kier molecular flexibility index (Phi) is 5.95. The molecule has 11 heteroatoms. The SMILES string of the molecule is O=C(NCCn1ncc2c(=O)n(Cc3cccc(Cl)c3)cnc21)c1cccc([N+](=O)[O-])c1. The third-order valence-electron chi connectivity index (χ3n) is 4.79. The van der Waals surface area contributed by atoms with Crippen LogP contribution in [0.15, 0.2) is 65.8 Å². The first-order valence-electron chi connectivity index (χ1n) is 9.60. The zero-order chi connectivity index (χ0) is 22.7. The van der Waals surface area contributed by atoms with Crippen molar-refractivity contribution in [2.24, 2.45) is 0 Å². The molecule has 2 heterocycles. The van der Waals surface area contributed by atoms with Crippen LogP contribution in [-0.2, 0) is 13.1 Å². The maximum atomic E-state index is 12.8. The average Bonchev–Trinajstić information content (AvgIpc) is 3.19. The van der Waals surface area contributed by atoms with Crippen LogP contribution >= 0.6 is 11.6 Å². The van der Waals surface area contributed by atoms with Gasteiger partial charge in [-0.2, -0.15) is 5.10 Å². The van der Waals surface area contributed by atoms with E-state index in [1.165, 1.54) is 46.0 Å². The van der Waals surface area contributed by atoms with E-state index < -0.39 is 10.8 Å². The fraction of sp³-hybridized carbons (Fsp3) is 0.143. The zero-order valence-corrected chi connectivity index (χ0v) is 17.4. The van der Waals surface area contributed by atoms with Gasteiger partial charge in [0.25, 0.3) is 17.2 Å². The van der Waals surface area contributed by atoms with Crippen LogP contribution in [0.3, 0.4) is 0 Å². The number of benzene rings is 2. The highest BCUT2D eigenvalue weighted by Gasteiger charge is 2.13. The van der Waals surface area contributed by atoms with Crippen molar-refractivity contribution in [2.75, 3.05) is 6.54 Å². The van der Waals surface area contributed by atoms with Gasteiger partial charge in [-0.1, -0.05) is 29.8 Å². The van der Waals surface area contributed by atoms with Crippen LogP contribution < -0.4 is 10.9 Å². The first-order chi connectivity index (χ1) is 15.4. The Balaban J connectivity index is 1.45. The molecule has 0 saturated carbocycles. The number of fused-ring (bicyclic) bond motifs is 1. The van der Waals surface area contributed by atoms with Gasteiger partial charge in [-0.05, 0) is 23.8 Å². The molecule has 4 aromatic rings. The van der Waals surface area contributed by atoms with Gasteiger partial charge in [-0.3, -0.25) is 24.3 Å². The second-order valence-electron chi connectivity index (χ2n) is 6.98. The van der Waals surface area contributed by atoms with Crippen LogP contribution in [-0.4, -0.2) is 36.7 Å². The van der Waals surface area contributed by atoms with E-state index in [9.17, 15) is 19.7 Å². The molecule has 1 amide bonds. The third-order valence-corrected chi connectivity index (χ3v) is 5.03. The standard InChI is InChI=1S/C21H17ClN6O4/c22-16-5-1-3-14(9-16)12-26-13-24-19-18(21(26)30)11-25-27(19)8-7-23-20(29)15-4-2-6-17(10-15)28(31)32/h1-6,9-11,13H,7-8,12H2,(H,23,29). The zero-order valence-electron chi connectivity index (χ0n) is 16.6. The third kappa shape index (κ3) is 4.49. The molecule has 162 valence electrons. The van der Waals surface area contributed by atoms with E-state index in [2.05, 4.69) is 15.4 Å². The van der Waals surface area contributed by atoms with E-state index in [-0.39, 0.29) is 29.9 Å². The van der Waals surface area contributed by atoms with Crippen molar-refractivity contribution in [3.05, 3.63) is 97.7 Å². The molecule has 0 aliphatic rings. The minimum Gasteiger partial charge on any atom is -0.350 e. The summed E-state index contributed by atoms with van der Waals surface area (Å²) >= 11 is 6.00. The number of hydrogen-bond donors (Lipinski definition) is 1. The molecule has 2 aromatic carbocycles. The molecule has 10 nitrogen and oxygen atoms in total. The topological polar surface area (TPSA) is 125 Å². The van der Waals surface area contributed by atoms with E-state index in [4.69, 9.17) is 11.6 Å². The summed E-state index contributed by atoms with van der Waals surface area (Å²) in [5.41, 5.74) is 1.07. The lowest BCUT2D eigenvalue weighted by Crippen LogP contribution is -2.27. The van der Waals surface area contributed by atoms with E-state index in [1.807, 2.05) is 12.1 Å². The van der Waals surface area contributed by atoms with Gasteiger partial charge >= 0.3 is 0 Å². The number of rotatable bonds is 7. The molecule has 0 aliphatic heterocycles. The highest BCUT2D eigenvalue weighted by Crippen LogP contribution is 2.14. The van der Waals surface area contributed by atoms with Gasteiger partial charge in [0, 0.05) is 29.3 Å². The summed E-state index contributed by atoms with van der Waals surface area (Å²) in [5.74, 6) is -0.443. The number of amides is 1. The van der Waals surface area contributed by atoms with Gasteiger partial charge < -0.3 is 5.32 Å². The maximum Gasteiger partial charge on any atom is 0.270 e. The number of carbonyl (C=O) groups is 1. The number of nitro benzene ring substituents is 1. The number of nitrogens with zero attached hydrogens (tertiary/aromatic N) is 5. The number of nitrogens with one attached hydrogen (secondary N) is 1. The Morgan fingerprint density at radius 1 is 1.19 bits per heavy atom. The highest BCUT2D eigenvalue weighted by atomic mass is 35.5. The second-order valence-corrected chi connectivity index (χ2v) is 7.41. The summed E-state index contributed by atoms with van der Waals surface area (Å²) in [4.78, 5) is 39.7. The second kappa shape index (κ2) is 8.98. The molecular weight excluding hydrogens is 436 g/mol. The molecule has 1 N–H and O–H groups in total. The number of carbonyl (C=O) groups excluding carboxylic acids is 1. The molecule has 0 unspecified atom stereocenters. The molecule has 2 aromatic heterocycles. The molecule has 0 saturated heterocycles. The predicted molar refractivity (Wildman–Crippen MR) is 118 cm³/mol. The van der Waals surface area contributed by atoms with Gasteiger partial charge in [0.1, 0.15) is 11.7 Å². The van der Waals surface area contributed by atoms with E-state index in [1.54, 1.807) is 12.1 Å². The van der Waals surface area contributed by atoms with Gasteiger partial charge in [0.05, 0.1) is 24.2 Å². The predicted octanol–water partition coefficient (Wildman–Crippen LogP) is 2.63. The number of aromatic nitrogens is 4. The van der Waals surface area contributed by atoms with Crippen molar-refractivity contribution < 1.29 is 9.72 Å². The van der Waals surface area contributed by atoms with Crippen molar-refractivity contribution >= 4 is 34.2 Å². The Bertz CT molecular complexity index is 1380. The van der Waals surface area contributed by atoms with Gasteiger partial charge in [-0.15, -0.1) is 0 Å². The van der Waals surface area contributed by atoms with Crippen molar-refractivity contribution in [2.45, 2.75) is 13.1 Å². The lowest BCUT2D eigenvalue weighted by Gasteiger charge is -2.08.